The SMILES string of the molecule is Cc1cccc(CC(O)c2ccc(SC(F)(F)F)cc2)c1. The lowest BCUT2D eigenvalue weighted by atomic mass is 10.0. The Bertz CT molecular complexity index is 593. The molecule has 2 rings (SSSR count). The molecule has 2 aromatic carbocycles. The van der Waals surface area contributed by atoms with Gasteiger partial charge in [-0.1, -0.05) is 42.0 Å². The van der Waals surface area contributed by atoms with Crippen molar-refractivity contribution in [2.24, 2.45) is 0 Å². The van der Waals surface area contributed by atoms with Crippen LogP contribution in [0.1, 0.15) is 22.8 Å². The first-order chi connectivity index (χ1) is 9.83. The number of thioether (sulfide) groups is 1. The summed E-state index contributed by atoms with van der Waals surface area (Å²) < 4.78 is 36.7. The number of hydrogen-bond donors (Lipinski definition) is 1. The highest BCUT2D eigenvalue weighted by Crippen LogP contribution is 2.37. The number of aliphatic hydroxyl groups is 1. The van der Waals surface area contributed by atoms with Gasteiger partial charge in [-0.15, -0.1) is 0 Å². The first-order valence-corrected chi connectivity index (χ1v) is 7.24. The van der Waals surface area contributed by atoms with Crippen LogP contribution in [0.3, 0.4) is 0 Å². The molecular weight excluding hydrogens is 297 g/mol. The monoisotopic (exact) mass is 312 g/mol. The summed E-state index contributed by atoms with van der Waals surface area (Å²) in [5, 5.41) is 10.2. The van der Waals surface area contributed by atoms with Gasteiger partial charge in [-0.25, -0.2) is 0 Å². The van der Waals surface area contributed by atoms with Gasteiger partial charge in [0.1, 0.15) is 0 Å². The molecule has 21 heavy (non-hydrogen) atoms. The summed E-state index contributed by atoms with van der Waals surface area (Å²) in [6.45, 7) is 1.97. The fourth-order valence-corrected chi connectivity index (χ4v) is 2.61. The number of aliphatic hydroxyl groups excluding tert-OH is 1. The summed E-state index contributed by atoms with van der Waals surface area (Å²) >= 11 is -0.155. The van der Waals surface area contributed by atoms with Crippen molar-refractivity contribution in [3.8, 4) is 0 Å². The lowest BCUT2D eigenvalue weighted by Gasteiger charge is -2.12. The predicted octanol–water partition coefficient (Wildman–Crippen LogP) is 4.88. The van der Waals surface area contributed by atoms with Crippen LogP contribution < -0.4 is 0 Å². The highest BCUT2D eigenvalue weighted by molar-refractivity contribution is 8.00. The second kappa shape index (κ2) is 6.54. The minimum atomic E-state index is -4.29. The third-order valence-electron chi connectivity index (χ3n) is 3.01. The highest BCUT2D eigenvalue weighted by atomic mass is 32.2. The average Bonchev–Trinajstić information content (AvgIpc) is 2.37. The van der Waals surface area contributed by atoms with Crippen molar-refractivity contribution in [1.82, 2.24) is 0 Å². The molecule has 0 aliphatic carbocycles. The highest BCUT2D eigenvalue weighted by Gasteiger charge is 2.29. The van der Waals surface area contributed by atoms with Crippen LogP contribution in [-0.2, 0) is 6.42 Å². The lowest BCUT2D eigenvalue weighted by molar-refractivity contribution is -0.0328. The molecule has 1 unspecified atom stereocenters. The third kappa shape index (κ3) is 5.10. The van der Waals surface area contributed by atoms with E-state index in [1.54, 1.807) is 0 Å². The van der Waals surface area contributed by atoms with Crippen LogP contribution in [0.2, 0.25) is 0 Å². The molecular formula is C16H15F3OS. The van der Waals surface area contributed by atoms with E-state index in [0.29, 0.717) is 12.0 Å². The molecule has 0 bridgehead atoms. The Labute approximate surface area is 125 Å². The van der Waals surface area contributed by atoms with Gasteiger partial charge in [0.2, 0.25) is 0 Å². The van der Waals surface area contributed by atoms with Crippen molar-refractivity contribution in [2.45, 2.75) is 29.9 Å². The first kappa shape index (κ1) is 15.9. The molecule has 0 aliphatic heterocycles. The third-order valence-corrected chi connectivity index (χ3v) is 3.75. The van der Waals surface area contributed by atoms with E-state index in [1.807, 2.05) is 31.2 Å². The maximum atomic E-state index is 12.2. The zero-order valence-electron chi connectivity index (χ0n) is 11.4. The van der Waals surface area contributed by atoms with Crippen LogP contribution in [0.5, 0.6) is 0 Å². The number of rotatable bonds is 4. The molecule has 1 atom stereocenters. The van der Waals surface area contributed by atoms with Gasteiger partial charge in [-0.2, -0.15) is 13.2 Å². The topological polar surface area (TPSA) is 20.2 Å². The summed E-state index contributed by atoms with van der Waals surface area (Å²) in [6, 6.07) is 13.6. The van der Waals surface area contributed by atoms with Crippen molar-refractivity contribution in [3.05, 3.63) is 65.2 Å². The van der Waals surface area contributed by atoms with Crippen LogP contribution in [-0.4, -0.2) is 10.6 Å². The molecule has 0 heterocycles. The standard InChI is InChI=1S/C16H15F3OS/c1-11-3-2-4-12(9-11)10-15(20)13-5-7-14(8-6-13)21-16(17,18)19/h2-9,15,20H,10H2,1H3. The van der Waals surface area contributed by atoms with Crippen LogP contribution in [0, 0.1) is 6.92 Å². The van der Waals surface area contributed by atoms with E-state index in [4.69, 9.17) is 0 Å². The number of alkyl halides is 3. The Balaban J connectivity index is 2.04. The molecule has 0 aliphatic rings. The predicted molar refractivity (Wildman–Crippen MR) is 78.2 cm³/mol. The normalized spacial score (nSPS) is 13.2. The van der Waals surface area contributed by atoms with Gasteiger partial charge in [0.25, 0.3) is 0 Å². The summed E-state index contributed by atoms with van der Waals surface area (Å²) in [4.78, 5) is 0.119. The van der Waals surface area contributed by atoms with Gasteiger partial charge in [0.15, 0.2) is 0 Å². The van der Waals surface area contributed by atoms with E-state index in [0.717, 1.165) is 11.1 Å². The van der Waals surface area contributed by atoms with Gasteiger partial charge in [0.05, 0.1) is 6.10 Å². The smallest absolute Gasteiger partial charge is 0.388 e. The van der Waals surface area contributed by atoms with Crippen LogP contribution in [0.15, 0.2) is 53.4 Å². The average molecular weight is 312 g/mol. The van der Waals surface area contributed by atoms with E-state index >= 15 is 0 Å². The maximum absolute atomic E-state index is 12.2. The van der Waals surface area contributed by atoms with E-state index in [2.05, 4.69) is 0 Å². The maximum Gasteiger partial charge on any atom is 0.446 e. The minimum absolute atomic E-state index is 0.119. The van der Waals surface area contributed by atoms with Crippen LogP contribution in [0.4, 0.5) is 13.2 Å². The zero-order chi connectivity index (χ0) is 15.5. The zero-order valence-corrected chi connectivity index (χ0v) is 12.2. The molecule has 1 nitrogen and oxygen atoms in total. The molecule has 0 fully saturated rings. The molecule has 0 amide bonds. The minimum Gasteiger partial charge on any atom is -0.388 e. The fourth-order valence-electron chi connectivity index (χ4n) is 2.07. The second-order valence-electron chi connectivity index (χ2n) is 4.83. The summed E-state index contributed by atoms with van der Waals surface area (Å²) in [6.07, 6.45) is -0.287. The van der Waals surface area contributed by atoms with Crippen molar-refractivity contribution < 1.29 is 18.3 Å². The molecule has 0 spiro atoms. The van der Waals surface area contributed by atoms with Gasteiger partial charge in [0, 0.05) is 11.3 Å². The Morgan fingerprint density at radius 3 is 2.33 bits per heavy atom. The van der Waals surface area contributed by atoms with E-state index < -0.39 is 11.6 Å². The molecule has 0 saturated heterocycles. The van der Waals surface area contributed by atoms with Crippen molar-refractivity contribution in [1.29, 1.82) is 0 Å². The van der Waals surface area contributed by atoms with Crippen molar-refractivity contribution >= 4 is 11.8 Å². The molecule has 0 radical (unpaired) electrons. The fraction of sp³-hybridized carbons (Fsp3) is 0.250. The Morgan fingerprint density at radius 1 is 1.10 bits per heavy atom. The van der Waals surface area contributed by atoms with Crippen molar-refractivity contribution in [2.75, 3.05) is 0 Å². The number of halogens is 3. The van der Waals surface area contributed by atoms with E-state index in [-0.39, 0.29) is 16.7 Å². The largest absolute Gasteiger partial charge is 0.446 e. The molecule has 5 heteroatoms. The summed E-state index contributed by atoms with van der Waals surface area (Å²) in [7, 11) is 0. The van der Waals surface area contributed by atoms with E-state index in [9.17, 15) is 18.3 Å². The number of aryl methyl sites for hydroxylation is 1. The number of benzene rings is 2. The van der Waals surface area contributed by atoms with Crippen LogP contribution >= 0.6 is 11.8 Å². The second-order valence-corrected chi connectivity index (χ2v) is 5.96. The number of hydrogen-bond acceptors (Lipinski definition) is 2. The van der Waals surface area contributed by atoms with Crippen LogP contribution in [0.25, 0.3) is 0 Å². The van der Waals surface area contributed by atoms with Gasteiger partial charge in [-0.05, 0) is 41.9 Å². The molecule has 2 aromatic rings. The summed E-state index contributed by atoms with van der Waals surface area (Å²) in [5.41, 5.74) is -1.57. The molecule has 0 saturated carbocycles. The van der Waals surface area contributed by atoms with Gasteiger partial charge < -0.3 is 5.11 Å². The summed E-state index contributed by atoms with van der Waals surface area (Å²) in [5.74, 6) is 0. The van der Waals surface area contributed by atoms with E-state index in [1.165, 1.54) is 24.3 Å². The first-order valence-electron chi connectivity index (χ1n) is 6.43. The molecule has 1 N–H and O–H groups in total. The van der Waals surface area contributed by atoms with Gasteiger partial charge in [-0.3, -0.25) is 0 Å². The molecule has 112 valence electrons. The Kier molecular flexibility index (Phi) is 4.96. The quantitative estimate of drug-likeness (QED) is 0.812. The lowest BCUT2D eigenvalue weighted by Crippen LogP contribution is -2.02. The Morgan fingerprint density at radius 2 is 1.76 bits per heavy atom. The van der Waals surface area contributed by atoms with Gasteiger partial charge >= 0.3 is 5.51 Å². The molecule has 0 aromatic heterocycles. The Hall–Kier alpha value is -1.46. The van der Waals surface area contributed by atoms with Crippen molar-refractivity contribution in [3.63, 3.8) is 0 Å².